The zero-order valence-electron chi connectivity index (χ0n) is 13.0. The smallest absolute Gasteiger partial charge is 0.340 e. The van der Waals surface area contributed by atoms with Crippen molar-refractivity contribution in [2.75, 3.05) is 13.1 Å². The van der Waals surface area contributed by atoms with Crippen LogP contribution in [-0.2, 0) is 11.2 Å². The molecule has 0 saturated carbocycles. The average molecular weight is 343 g/mol. The molecule has 1 amide bonds. The first-order valence-corrected chi connectivity index (χ1v) is 8.73. The molecular formula is C16H17N5O2S. The number of aromatic amines is 2. The molecule has 4 rings (SSSR count). The van der Waals surface area contributed by atoms with Crippen LogP contribution in [0.2, 0.25) is 0 Å². The highest BCUT2D eigenvalue weighted by atomic mass is 32.1. The van der Waals surface area contributed by atoms with Gasteiger partial charge in [0.1, 0.15) is 5.82 Å². The quantitative estimate of drug-likeness (QED) is 0.756. The summed E-state index contributed by atoms with van der Waals surface area (Å²) in [5.74, 6) is 0.791. The lowest BCUT2D eigenvalue weighted by molar-refractivity contribution is -0.131. The van der Waals surface area contributed by atoms with Crippen LogP contribution in [-0.4, -0.2) is 43.5 Å². The summed E-state index contributed by atoms with van der Waals surface area (Å²) in [5, 5.41) is 7.46. The number of amides is 1. The Morgan fingerprint density at radius 2 is 2.25 bits per heavy atom. The van der Waals surface area contributed by atoms with Gasteiger partial charge in [-0.15, -0.1) is 0 Å². The summed E-state index contributed by atoms with van der Waals surface area (Å²) in [6.45, 7) is 1.33. The summed E-state index contributed by atoms with van der Waals surface area (Å²) in [7, 11) is 0. The molecule has 0 spiro atoms. The fourth-order valence-electron chi connectivity index (χ4n) is 3.22. The molecule has 1 atom stereocenters. The molecule has 2 aromatic heterocycles. The van der Waals surface area contributed by atoms with Crippen LogP contribution in [0.25, 0.3) is 10.1 Å². The van der Waals surface area contributed by atoms with Crippen LogP contribution in [0.1, 0.15) is 30.3 Å². The lowest BCUT2D eigenvalue weighted by Crippen LogP contribution is -2.40. The van der Waals surface area contributed by atoms with Gasteiger partial charge >= 0.3 is 5.69 Å². The molecule has 1 aliphatic rings. The fourth-order valence-corrected chi connectivity index (χ4v) is 4.02. The maximum absolute atomic E-state index is 12.7. The van der Waals surface area contributed by atoms with E-state index in [1.54, 1.807) is 0 Å². The number of hydrogen-bond donors (Lipinski definition) is 2. The Bertz CT molecular complexity index is 928. The van der Waals surface area contributed by atoms with Gasteiger partial charge in [-0.3, -0.25) is 9.78 Å². The molecule has 3 aromatic rings. The molecule has 1 saturated heterocycles. The van der Waals surface area contributed by atoms with Crippen molar-refractivity contribution in [2.24, 2.45) is 0 Å². The van der Waals surface area contributed by atoms with Crippen LogP contribution in [0.3, 0.4) is 0 Å². The summed E-state index contributed by atoms with van der Waals surface area (Å²) in [4.78, 5) is 28.5. The van der Waals surface area contributed by atoms with Gasteiger partial charge < -0.3 is 4.90 Å². The predicted octanol–water partition coefficient (Wildman–Crippen LogP) is 1.66. The van der Waals surface area contributed by atoms with E-state index in [4.69, 9.17) is 0 Å². The molecule has 7 nitrogen and oxygen atoms in total. The molecule has 3 heterocycles. The van der Waals surface area contributed by atoms with E-state index >= 15 is 0 Å². The van der Waals surface area contributed by atoms with E-state index < -0.39 is 0 Å². The molecule has 1 fully saturated rings. The summed E-state index contributed by atoms with van der Waals surface area (Å²) in [5.41, 5.74) is 0.540. The minimum Gasteiger partial charge on any atom is -0.342 e. The largest absolute Gasteiger partial charge is 0.342 e. The van der Waals surface area contributed by atoms with Crippen molar-refractivity contribution in [1.29, 1.82) is 0 Å². The van der Waals surface area contributed by atoms with E-state index in [-0.39, 0.29) is 17.5 Å². The van der Waals surface area contributed by atoms with Crippen LogP contribution in [0.4, 0.5) is 0 Å². The number of nitrogens with zero attached hydrogens (tertiary/aromatic N) is 3. The lowest BCUT2D eigenvalue weighted by Gasteiger charge is -2.31. The molecule has 0 aliphatic carbocycles. The molecule has 0 bridgehead atoms. The summed E-state index contributed by atoms with van der Waals surface area (Å²) in [6.07, 6.45) is 2.14. The van der Waals surface area contributed by atoms with Crippen molar-refractivity contribution in [2.45, 2.75) is 25.2 Å². The molecule has 0 radical (unpaired) electrons. The second-order valence-corrected chi connectivity index (χ2v) is 6.85. The molecule has 1 aliphatic heterocycles. The Kier molecular flexibility index (Phi) is 3.89. The predicted molar refractivity (Wildman–Crippen MR) is 91.1 cm³/mol. The minimum absolute atomic E-state index is 0.0774. The number of H-pyrrole nitrogens is 2. The van der Waals surface area contributed by atoms with Crippen LogP contribution in [0.5, 0.6) is 0 Å². The zero-order valence-corrected chi connectivity index (χ0v) is 13.8. The van der Waals surface area contributed by atoms with Gasteiger partial charge in [-0.1, -0.05) is 18.2 Å². The van der Waals surface area contributed by atoms with Crippen molar-refractivity contribution in [3.8, 4) is 0 Å². The van der Waals surface area contributed by atoms with Gasteiger partial charge in [-0.25, -0.2) is 9.89 Å². The number of rotatable bonds is 3. The van der Waals surface area contributed by atoms with E-state index in [9.17, 15) is 9.59 Å². The minimum atomic E-state index is -0.303. The van der Waals surface area contributed by atoms with Crippen molar-refractivity contribution in [3.63, 3.8) is 0 Å². The van der Waals surface area contributed by atoms with Crippen molar-refractivity contribution < 1.29 is 4.79 Å². The molecule has 2 N–H and O–H groups in total. The monoisotopic (exact) mass is 343 g/mol. The molecule has 124 valence electrons. The Labute approximate surface area is 141 Å². The lowest BCUT2D eigenvalue weighted by atomic mass is 9.97. The number of hydrogen-bond acceptors (Lipinski definition) is 5. The number of aromatic nitrogens is 4. The van der Waals surface area contributed by atoms with E-state index in [0.717, 1.165) is 35.2 Å². The number of benzene rings is 1. The number of likely N-dealkylation sites (tertiary alicyclic amines) is 1. The SMILES string of the molecule is O=C(Cc1nsc2ccccc12)N1CCCC(c2n[nH]c(=O)[nH]2)C1. The van der Waals surface area contributed by atoms with E-state index in [1.165, 1.54) is 11.5 Å². The molecule has 24 heavy (non-hydrogen) atoms. The maximum atomic E-state index is 12.7. The van der Waals surface area contributed by atoms with Crippen molar-refractivity contribution in [1.82, 2.24) is 24.5 Å². The van der Waals surface area contributed by atoms with E-state index in [1.807, 2.05) is 29.2 Å². The first kappa shape index (κ1) is 15.1. The Balaban J connectivity index is 1.48. The van der Waals surface area contributed by atoms with Gasteiger partial charge in [0.2, 0.25) is 5.91 Å². The third-order valence-corrected chi connectivity index (χ3v) is 5.32. The highest BCUT2D eigenvalue weighted by Gasteiger charge is 2.27. The highest BCUT2D eigenvalue weighted by molar-refractivity contribution is 7.13. The summed E-state index contributed by atoms with van der Waals surface area (Å²) in [6, 6.07) is 7.97. The van der Waals surface area contributed by atoms with Gasteiger partial charge in [0.05, 0.1) is 16.8 Å². The second-order valence-electron chi connectivity index (χ2n) is 6.04. The standard InChI is InChI=1S/C16H17N5O2S/c22-14(8-12-11-5-1-2-6-13(11)24-20-12)21-7-3-4-10(9-21)15-17-16(23)19-18-15/h1-2,5-6,10H,3-4,7-9H2,(H2,17,18,19,23). The first-order chi connectivity index (χ1) is 11.7. The zero-order chi connectivity index (χ0) is 16.5. The highest BCUT2D eigenvalue weighted by Crippen LogP contribution is 2.26. The molecule has 1 unspecified atom stereocenters. The van der Waals surface area contributed by atoms with E-state index in [2.05, 4.69) is 19.6 Å². The summed E-state index contributed by atoms with van der Waals surface area (Å²) >= 11 is 1.43. The summed E-state index contributed by atoms with van der Waals surface area (Å²) < 4.78 is 5.54. The fraction of sp³-hybridized carbons (Fsp3) is 0.375. The maximum Gasteiger partial charge on any atom is 0.340 e. The number of nitrogens with one attached hydrogen (secondary N) is 2. The third-order valence-electron chi connectivity index (χ3n) is 4.45. The van der Waals surface area contributed by atoms with Gasteiger partial charge in [-0.05, 0) is 30.4 Å². The topological polar surface area (TPSA) is 94.7 Å². The Morgan fingerprint density at radius 3 is 3.08 bits per heavy atom. The van der Waals surface area contributed by atoms with Crippen LogP contribution in [0.15, 0.2) is 29.1 Å². The molecule has 1 aromatic carbocycles. The Morgan fingerprint density at radius 1 is 1.38 bits per heavy atom. The van der Waals surface area contributed by atoms with Crippen LogP contribution >= 0.6 is 11.5 Å². The average Bonchev–Trinajstić information content (AvgIpc) is 3.22. The van der Waals surface area contributed by atoms with Gasteiger partial charge in [0.15, 0.2) is 0 Å². The van der Waals surface area contributed by atoms with Gasteiger partial charge in [-0.2, -0.15) is 9.47 Å². The van der Waals surface area contributed by atoms with E-state index in [0.29, 0.717) is 18.8 Å². The number of carbonyl (C=O) groups excluding carboxylic acids is 1. The normalized spacial score (nSPS) is 18.2. The second kappa shape index (κ2) is 6.20. The van der Waals surface area contributed by atoms with Gasteiger partial charge in [0, 0.05) is 24.4 Å². The molecular weight excluding hydrogens is 326 g/mol. The first-order valence-electron chi connectivity index (χ1n) is 7.96. The van der Waals surface area contributed by atoms with Crippen molar-refractivity contribution >= 4 is 27.5 Å². The number of fused-ring (bicyclic) bond motifs is 1. The van der Waals surface area contributed by atoms with Crippen LogP contribution in [0, 0.1) is 0 Å². The number of piperidine rings is 1. The van der Waals surface area contributed by atoms with Crippen LogP contribution < -0.4 is 5.69 Å². The Hall–Kier alpha value is -2.48. The third kappa shape index (κ3) is 2.84. The molecule has 8 heteroatoms. The number of carbonyl (C=O) groups is 1. The van der Waals surface area contributed by atoms with Gasteiger partial charge in [0.25, 0.3) is 0 Å². The van der Waals surface area contributed by atoms with Crippen molar-refractivity contribution in [3.05, 3.63) is 46.3 Å².